The summed E-state index contributed by atoms with van der Waals surface area (Å²) < 4.78 is 2.27. The molecular weight excluding hydrogens is 172 g/mol. The first-order chi connectivity index (χ1) is 6.76. The average molecular weight is 188 g/mol. The summed E-state index contributed by atoms with van der Waals surface area (Å²) >= 11 is 0. The second-order valence-corrected chi connectivity index (χ2v) is 3.65. The molecule has 0 fully saturated rings. The number of nitrogens with two attached hydrogens (primary N) is 1. The normalized spacial score (nSPS) is 11.1. The van der Waals surface area contributed by atoms with Crippen LogP contribution in [0.2, 0.25) is 0 Å². The van der Waals surface area contributed by atoms with Crippen molar-refractivity contribution in [2.75, 3.05) is 0 Å². The Morgan fingerprint density at radius 3 is 2.79 bits per heavy atom. The van der Waals surface area contributed by atoms with E-state index in [0.29, 0.717) is 6.54 Å². The molecule has 2 aromatic rings. The number of hydrogen-bond acceptors (Lipinski definition) is 1. The molecule has 0 aliphatic heterocycles. The number of aryl methyl sites for hydroxylation is 2. The maximum atomic E-state index is 5.63. The maximum absolute atomic E-state index is 5.63. The Hall–Kier alpha value is -1.28. The Labute approximate surface area is 84.3 Å². The molecule has 2 rings (SSSR count). The molecule has 0 saturated heterocycles. The van der Waals surface area contributed by atoms with Crippen LogP contribution in [0, 0.1) is 6.92 Å². The molecule has 0 aliphatic rings. The summed E-state index contributed by atoms with van der Waals surface area (Å²) in [6, 6.07) is 6.46. The van der Waals surface area contributed by atoms with Gasteiger partial charge in [0.2, 0.25) is 0 Å². The van der Waals surface area contributed by atoms with Gasteiger partial charge in [-0.25, -0.2) is 0 Å². The highest BCUT2D eigenvalue weighted by Gasteiger charge is 2.04. The van der Waals surface area contributed by atoms with Gasteiger partial charge in [-0.05, 0) is 31.0 Å². The van der Waals surface area contributed by atoms with Crippen molar-refractivity contribution in [3.8, 4) is 0 Å². The van der Waals surface area contributed by atoms with E-state index in [1.807, 2.05) is 0 Å². The Kier molecular flexibility index (Phi) is 2.30. The van der Waals surface area contributed by atoms with Gasteiger partial charge in [0.1, 0.15) is 0 Å². The number of fused-ring (bicyclic) bond motifs is 1. The minimum absolute atomic E-state index is 0.615. The molecule has 0 bridgehead atoms. The minimum atomic E-state index is 0.615. The van der Waals surface area contributed by atoms with Crippen LogP contribution < -0.4 is 5.73 Å². The molecule has 74 valence electrons. The highest BCUT2D eigenvalue weighted by atomic mass is 14.9. The lowest BCUT2D eigenvalue weighted by atomic mass is 10.1. The van der Waals surface area contributed by atoms with Gasteiger partial charge >= 0.3 is 0 Å². The second-order valence-electron chi connectivity index (χ2n) is 3.65. The van der Waals surface area contributed by atoms with Crippen LogP contribution in [0.3, 0.4) is 0 Å². The third kappa shape index (κ3) is 1.32. The molecule has 0 unspecified atom stereocenters. The lowest BCUT2D eigenvalue weighted by Gasteiger charge is -2.02. The molecule has 0 spiro atoms. The van der Waals surface area contributed by atoms with E-state index in [4.69, 9.17) is 5.73 Å². The van der Waals surface area contributed by atoms with Crippen molar-refractivity contribution in [3.63, 3.8) is 0 Å². The first-order valence-corrected chi connectivity index (χ1v) is 5.04. The van der Waals surface area contributed by atoms with E-state index in [9.17, 15) is 0 Å². The largest absolute Gasteiger partial charge is 0.347 e. The van der Waals surface area contributed by atoms with Crippen LogP contribution in [0.5, 0.6) is 0 Å². The van der Waals surface area contributed by atoms with Crippen LogP contribution in [0.15, 0.2) is 24.4 Å². The van der Waals surface area contributed by atoms with E-state index in [1.165, 1.54) is 22.0 Å². The van der Waals surface area contributed by atoms with Gasteiger partial charge in [0, 0.05) is 30.2 Å². The number of aromatic nitrogens is 1. The zero-order valence-electron chi connectivity index (χ0n) is 8.75. The highest BCUT2D eigenvalue weighted by Crippen LogP contribution is 2.21. The smallest absolute Gasteiger partial charge is 0.0486 e. The molecule has 14 heavy (non-hydrogen) atoms. The van der Waals surface area contributed by atoms with Crippen LogP contribution in [0.1, 0.15) is 18.1 Å². The quantitative estimate of drug-likeness (QED) is 0.771. The molecule has 0 saturated carbocycles. The Morgan fingerprint density at radius 2 is 2.14 bits per heavy atom. The van der Waals surface area contributed by atoms with Gasteiger partial charge in [-0.3, -0.25) is 0 Å². The van der Waals surface area contributed by atoms with Gasteiger partial charge in [-0.2, -0.15) is 0 Å². The number of nitrogens with zero attached hydrogens (tertiary/aromatic N) is 1. The fourth-order valence-electron chi connectivity index (χ4n) is 1.91. The molecular formula is C12H16N2. The van der Waals surface area contributed by atoms with Crippen molar-refractivity contribution < 1.29 is 0 Å². The van der Waals surface area contributed by atoms with E-state index in [2.05, 4.69) is 42.8 Å². The van der Waals surface area contributed by atoms with E-state index < -0.39 is 0 Å². The van der Waals surface area contributed by atoms with Gasteiger partial charge in [-0.1, -0.05) is 12.1 Å². The molecule has 1 aromatic heterocycles. The summed E-state index contributed by atoms with van der Waals surface area (Å²) in [5.41, 5.74) is 9.47. The zero-order valence-corrected chi connectivity index (χ0v) is 8.75. The second kappa shape index (κ2) is 3.46. The fraction of sp³-hybridized carbons (Fsp3) is 0.333. The van der Waals surface area contributed by atoms with Crippen LogP contribution >= 0.6 is 0 Å². The first kappa shape index (κ1) is 9.28. The molecule has 1 aromatic carbocycles. The van der Waals surface area contributed by atoms with E-state index in [0.717, 1.165) is 6.54 Å². The first-order valence-electron chi connectivity index (χ1n) is 5.04. The minimum Gasteiger partial charge on any atom is -0.347 e. The molecule has 0 radical (unpaired) electrons. The van der Waals surface area contributed by atoms with Crippen LogP contribution in [-0.4, -0.2) is 4.57 Å². The Morgan fingerprint density at radius 1 is 1.36 bits per heavy atom. The lowest BCUT2D eigenvalue weighted by Crippen LogP contribution is -1.97. The van der Waals surface area contributed by atoms with Crippen molar-refractivity contribution in [1.82, 2.24) is 4.57 Å². The van der Waals surface area contributed by atoms with Crippen molar-refractivity contribution in [3.05, 3.63) is 35.5 Å². The van der Waals surface area contributed by atoms with Crippen LogP contribution in [0.25, 0.3) is 10.9 Å². The topological polar surface area (TPSA) is 30.9 Å². The average Bonchev–Trinajstić information content (AvgIpc) is 2.55. The number of rotatable bonds is 2. The van der Waals surface area contributed by atoms with Gasteiger partial charge in [0.15, 0.2) is 0 Å². The standard InChI is InChI=1S/C12H16N2/c1-3-14-8-9(2)11-5-4-10(7-13)6-12(11)14/h4-6,8H,3,7,13H2,1-2H3. The maximum Gasteiger partial charge on any atom is 0.0486 e. The Bertz CT molecular complexity index is 455. The molecule has 2 N–H and O–H groups in total. The molecule has 0 amide bonds. The van der Waals surface area contributed by atoms with Crippen LogP contribution in [0.4, 0.5) is 0 Å². The summed E-state index contributed by atoms with van der Waals surface area (Å²) in [6.45, 7) is 5.94. The molecule has 2 heteroatoms. The fourth-order valence-corrected chi connectivity index (χ4v) is 1.91. The summed E-state index contributed by atoms with van der Waals surface area (Å²) in [4.78, 5) is 0. The molecule has 2 nitrogen and oxygen atoms in total. The number of hydrogen-bond donors (Lipinski definition) is 1. The predicted octanol–water partition coefficient (Wildman–Crippen LogP) is 2.43. The summed E-state index contributed by atoms with van der Waals surface area (Å²) in [7, 11) is 0. The van der Waals surface area contributed by atoms with Gasteiger partial charge < -0.3 is 10.3 Å². The number of benzene rings is 1. The monoisotopic (exact) mass is 188 g/mol. The van der Waals surface area contributed by atoms with Crippen molar-refractivity contribution in [2.24, 2.45) is 5.73 Å². The van der Waals surface area contributed by atoms with E-state index in [1.54, 1.807) is 0 Å². The SMILES string of the molecule is CCn1cc(C)c2ccc(CN)cc21. The van der Waals surface area contributed by atoms with Gasteiger partial charge in [0.25, 0.3) is 0 Å². The van der Waals surface area contributed by atoms with E-state index >= 15 is 0 Å². The highest BCUT2D eigenvalue weighted by molar-refractivity contribution is 5.84. The van der Waals surface area contributed by atoms with Gasteiger partial charge in [-0.15, -0.1) is 0 Å². The van der Waals surface area contributed by atoms with Crippen LogP contribution in [-0.2, 0) is 13.1 Å². The van der Waals surface area contributed by atoms with Crippen molar-refractivity contribution >= 4 is 10.9 Å². The summed E-state index contributed by atoms with van der Waals surface area (Å²) in [5.74, 6) is 0. The lowest BCUT2D eigenvalue weighted by molar-refractivity contribution is 0.794. The Balaban J connectivity index is 2.71. The molecule has 0 aliphatic carbocycles. The molecule has 0 atom stereocenters. The zero-order chi connectivity index (χ0) is 10.1. The van der Waals surface area contributed by atoms with E-state index in [-0.39, 0.29) is 0 Å². The summed E-state index contributed by atoms with van der Waals surface area (Å²) in [5, 5.41) is 1.34. The third-order valence-electron chi connectivity index (χ3n) is 2.72. The predicted molar refractivity (Wildman–Crippen MR) is 60.2 cm³/mol. The summed E-state index contributed by atoms with van der Waals surface area (Å²) in [6.07, 6.45) is 2.20. The molecule has 1 heterocycles. The third-order valence-corrected chi connectivity index (χ3v) is 2.72. The van der Waals surface area contributed by atoms with Crippen molar-refractivity contribution in [2.45, 2.75) is 26.9 Å². The van der Waals surface area contributed by atoms with Crippen molar-refractivity contribution in [1.29, 1.82) is 0 Å². The van der Waals surface area contributed by atoms with Gasteiger partial charge in [0.05, 0.1) is 0 Å².